The van der Waals surface area contributed by atoms with Gasteiger partial charge in [0.1, 0.15) is 0 Å². The van der Waals surface area contributed by atoms with Gasteiger partial charge in [-0.15, -0.1) is 0 Å². The van der Waals surface area contributed by atoms with Crippen molar-refractivity contribution in [1.82, 2.24) is 15.5 Å². The summed E-state index contributed by atoms with van der Waals surface area (Å²) in [6, 6.07) is 0. The Morgan fingerprint density at radius 3 is 2.84 bits per heavy atom. The molecule has 0 radical (unpaired) electrons. The van der Waals surface area contributed by atoms with E-state index in [4.69, 9.17) is 5.73 Å². The molecule has 98 valence electrons. The first-order valence-corrected chi connectivity index (χ1v) is 5.90. The quantitative estimate of drug-likeness (QED) is 0.712. The molecule has 0 atom stereocenters. The number of aromatic nitrogens is 2. The number of hydrogen-bond acceptors (Lipinski definition) is 4. The third kappa shape index (κ3) is 2.65. The van der Waals surface area contributed by atoms with E-state index in [1.807, 2.05) is 19.1 Å². The Bertz CT molecular complexity index is 601. The molecule has 1 aromatic heterocycles. The average molecular weight is 256 g/mol. The fraction of sp³-hybridized carbons (Fsp3) is 0.143. The van der Waals surface area contributed by atoms with E-state index in [9.17, 15) is 4.79 Å². The molecule has 0 fully saturated rings. The van der Waals surface area contributed by atoms with Crippen LogP contribution in [0.1, 0.15) is 23.9 Å². The number of aldehydes is 1. The maximum absolute atomic E-state index is 10.6. The second kappa shape index (κ2) is 5.39. The number of nitrogens with zero attached hydrogens (tertiary/aromatic N) is 1. The standard InChI is InChI=1S/C14H16N4O/c1-3-13-12(6-9(2)15)14(18-17-13)10-4-5-11(8-19)16-7-10/h3-6,8,16H,1,7,15H2,2H3,(H,17,18)/b9-6+. The molecule has 4 N–H and O–H groups in total. The molecule has 0 saturated carbocycles. The summed E-state index contributed by atoms with van der Waals surface area (Å²) in [5, 5.41) is 10.2. The molecular formula is C14H16N4O. The molecule has 0 saturated heterocycles. The summed E-state index contributed by atoms with van der Waals surface area (Å²) in [6.45, 7) is 6.12. The smallest absolute Gasteiger partial charge is 0.165 e. The summed E-state index contributed by atoms with van der Waals surface area (Å²) in [6.07, 6.45) is 7.96. The predicted octanol–water partition coefficient (Wildman–Crippen LogP) is 1.44. The Labute approximate surface area is 111 Å². The van der Waals surface area contributed by atoms with Crippen LogP contribution in [-0.4, -0.2) is 23.0 Å². The molecule has 0 unspecified atom stereocenters. The van der Waals surface area contributed by atoms with Crippen LogP contribution in [0.15, 0.2) is 30.1 Å². The van der Waals surface area contributed by atoms with Crippen LogP contribution < -0.4 is 11.1 Å². The molecule has 0 aromatic carbocycles. The van der Waals surface area contributed by atoms with Crippen molar-refractivity contribution < 1.29 is 4.79 Å². The normalized spacial score (nSPS) is 15.3. The fourth-order valence-electron chi connectivity index (χ4n) is 1.89. The number of nitrogens with one attached hydrogen (secondary N) is 2. The van der Waals surface area contributed by atoms with Crippen molar-refractivity contribution in [2.45, 2.75) is 6.92 Å². The number of allylic oxidation sites excluding steroid dienone is 4. The topological polar surface area (TPSA) is 83.8 Å². The van der Waals surface area contributed by atoms with E-state index in [0.29, 0.717) is 17.9 Å². The van der Waals surface area contributed by atoms with Gasteiger partial charge in [-0.2, -0.15) is 5.10 Å². The molecule has 2 heterocycles. The molecule has 0 aliphatic carbocycles. The summed E-state index contributed by atoms with van der Waals surface area (Å²) >= 11 is 0. The van der Waals surface area contributed by atoms with Gasteiger partial charge < -0.3 is 11.1 Å². The number of rotatable bonds is 4. The van der Waals surface area contributed by atoms with Crippen molar-refractivity contribution in [2.24, 2.45) is 5.73 Å². The molecule has 1 aliphatic rings. The lowest BCUT2D eigenvalue weighted by atomic mass is 10.0. The largest absolute Gasteiger partial charge is 0.402 e. The molecular weight excluding hydrogens is 240 g/mol. The number of nitrogens with two attached hydrogens (primary N) is 1. The van der Waals surface area contributed by atoms with Crippen LogP contribution >= 0.6 is 0 Å². The first-order chi connectivity index (χ1) is 9.15. The summed E-state index contributed by atoms with van der Waals surface area (Å²) in [5.41, 5.74) is 10.5. The highest BCUT2D eigenvalue weighted by atomic mass is 16.1. The number of hydrogen-bond donors (Lipinski definition) is 3. The summed E-state index contributed by atoms with van der Waals surface area (Å²) in [4.78, 5) is 10.6. The minimum Gasteiger partial charge on any atom is -0.402 e. The number of H-pyrrole nitrogens is 1. The second-order valence-electron chi connectivity index (χ2n) is 4.28. The lowest BCUT2D eigenvalue weighted by Crippen LogP contribution is -2.20. The summed E-state index contributed by atoms with van der Waals surface area (Å²) in [7, 11) is 0. The van der Waals surface area contributed by atoms with Gasteiger partial charge >= 0.3 is 0 Å². The Morgan fingerprint density at radius 2 is 2.32 bits per heavy atom. The molecule has 1 aliphatic heterocycles. The zero-order chi connectivity index (χ0) is 13.8. The first kappa shape index (κ1) is 12.9. The molecule has 1 aromatic rings. The highest BCUT2D eigenvalue weighted by Crippen LogP contribution is 2.24. The van der Waals surface area contributed by atoms with Crippen LogP contribution in [0.2, 0.25) is 0 Å². The molecule has 5 nitrogen and oxygen atoms in total. The van der Waals surface area contributed by atoms with Crippen molar-refractivity contribution in [3.8, 4) is 0 Å². The lowest BCUT2D eigenvalue weighted by molar-refractivity contribution is -0.105. The lowest BCUT2D eigenvalue weighted by Gasteiger charge is -2.13. The van der Waals surface area contributed by atoms with Gasteiger partial charge in [0.15, 0.2) is 6.29 Å². The van der Waals surface area contributed by atoms with E-state index in [0.717, 1.165) is 28.8 Å². The van der Waals surface area contributed by atoms with Crippen LogP contribution in [-0.2, 0) is 4.79 Å². The number of carbonyl (C=O) groups excluding carboxylic acids is 1. The van der Waals surface area contributed by atoms with Crippen LogP contribution in [0.4, 0.5) is 0 Å². The van der Waals surface area contributed by atoms with Crippen molar-refractivity contribution in [3.63, 3.8) is 0 Å². The Kier molecular flexibility index (Phi) is 3.66. The third-order valence-electron chi connectivity index (χ3n) is 2.79. The maximum Gasteiger partial charge on any atom is 0.165 e. The van der Waals surface area contributed by atoms with Gasteiger partial charge in [0, 0.05) is 17.8 Å². The molecule has 2 rings (SSSR count). The Hall–Kier alpha value is -2.56. The minimum absolute atomic E-state index is 0.552. The van der Waals surface area contributed by atoms with Gasteiger partial charge in [-0.1, -0.05) is 12.7 Å². The molecule has 0 bridgehead atoms. The van der Waals surface area contributed by atoms with E-state index in [1.165, 1.54) is 0 Å². The minimum atomic E-state index is 0.552. The monoisotopic (exact) mass is 256 g/mol. The predicted molar refractivity (Wildman–Crippen MR) is 76.6 cm³/mol. The molecule has 0 amide bonds. The molecule has 5 heteroatoms. The highest BCUT2D eigenvalue weighted by molar-refractivity contribution is 5.82. The van der Waals surface area contributed by atoms with Crippen molar-refractivity contribution in [3.05, 3.63) is 47.1 Å². The van der Waals surface area contributed by atoms with Crippen LogP contribution in [0.5, 0.6) is 0 Å². The van der Waals surface area contributed by atoms with Crippen molar-refractivity contribution >= 4 is 24.0 Å². The van der Waals surface area contributed by atoms with Gasteiger partial charge in [0.25, 0.3) is 0 Å². The van der Waals surface area contributed by atoms with Crippen LogP contribution in [0.25, 0.3) is 17.7 Å². The van der Waals surface area contributed by atoms with E-state index in [-0.39, 0.29) is 0 Å². The van der Waals surface area contributed by atoms with E-state index >= 15 is 0 Å². The summed E-state index contributed by atoms with van der Waals surface area (Å²) < 4.78 is 0. The van der Waals surface area contributed by atoms with Gasteiger partial charge in [-0.05, 0) is 30.7 Å². The van der Waals surface area contributed by atoms with Gasteiger partial charge in [-0.25, -0.2) is 0 Å². The van der Waals surface area contributed by atoms with Gasteiger partial charge in [0.05, 0.1) is 17.1 Å². The Morgan fingerprint density at radius 1 is 1.53 bits per heavy atom. The van der Waals surface area contributed by atoms with Crippen molar-refractivity contribution in [1.29, 1.82) is 0 Å². The number of dihydropyridines is 1. The van der Waals surface area contributed by atoms with Crippen molar-refractivity contribution in [2.75, 3.05) is 6.54 Å². The zero-order valence-electron chi connectivity index (χ0n) is 10.7. The highest BCUT2D eigenvalue weighted by Gasteiger charge is 2.15. The maximum atomic E-state index is 10.6. The first-order valence-electron chi connectivity index (χ1n) is 5.90. The Balaban J connectivity index is 2.46. The van der Waals surface area contributed by atoms with Crippen LogP contribution in [0, 0.1) is 0 Å². The number of carbonyl (C=O) groups is 1. The van der Waals surface area contributed by atoms with Crippen LogP contribution in [0.3, 0.4) is 0 Å². The average Bonchev–Trinajstić information content (AvgIpc) is 2.81. The SMILES string of the molecule is C=Cc1[nH]nc(C2=CC=C(C=O)NC2)c1/C=C(\C)N. The van der Waals surface area contributed by atoms with Gasteiger partial charge in [0.2, 0.25) is 0 Å². The van der Waals surface area contributed by atoms with Gasteiger partial charge in [-0.3, -0.25) is 9.89 Å². The van der Waals surface area contributed by atoms with E-state index < -0.39 is 0 Å². The second-order valence-corrected chi connectivity index (χ2v) is 4.28. The van der Waals surface area contributed by atoms with E-state index in [2.05, 4.69) is 22.1 Å². The van der Waals surface area contributed by atoms with E-state index in [1.54, 1.807) is 12.2 Å². The third-order valence-corrected chi connectivity index (χ3v) is 2.79. The number of aromatic amines is 1. The zero-order valence-corrected chi connectivity index (χ0v) is 10.7. The molecule has 19 heavy (non-hydrogen) atoms. The summed E-state index contributed by atoms with van der Waals surface area (Å²) in [5.74, 6) is 0. The fourth-order valence-corrected chi connectivity index (χ4v) is 1.89. The molecule has 0 spiro atoms.